The molecule has 20 heavy (non-hydrogen) atoms. The Bertz CT molecular complexity index is 478. The lowest BCUT2D eigenvalue weighted by molar-refractivity contribution is 0.0696. The zero-order valence-corrected chi connectivity index (χ0v) is 12.7. The van der Waals surface area contributed by atoms with Gasteiger partial charge >= 0.3 is 0 Å². The highest BCUT2D eigenvalue weighted by Gasteiger charge is 2.36. The average Bonchev–Trinajstić information content (AvgIpc) is 2.38. The molecule has 1 aliphatic rings. The van der Waals surface area contributed by atoms with Gasteiger partial charge in [-0.25, -0.2) is 0 Å². The van der Waals surface area contributed by atoms with Crippen molar-refractivity contribution in [3.8, 4) is 0 Å². The maximum Gasteiger partial charge on any atom is 0.252 e. The highest BCUT2D eigenvalue weighted by molar-refractivity contribution is 5.97. The minimum atomic E-state index is -0.441. The first-order valence-corrected chi connectivity index (χ1v) is 7.47. The molecular formula is C17H25NO2. The highest BCUT2D eigenvalue weighted by Crippen LogP contribution is 2.32. The summed E-state index contributed by atoms with van der Waals surface area (Å²) < 4.78 is 0. The lowest BCUT2D eigenvalue weighted by atomic mass is 9.76. The lowest BCUT2D eigenvalue weighted by Gasteiger charge is -2.39. The molecule has 3 nitrogen and oxygen atoms in total. The van der Waals surface area contributed by atoms with Gasteiger partial charge < -0.3 is 10.4 Å². The largest absolute Gasteiger partial charge is 0.394 e. The van der Waals surface area contributed by atoms with E-state index in [9.17, 15) is 9.90 Å². The second-order valence-electron chi connectivity index (χ2n) is 6.36. The van der Waals surface area contributed by atoms with Crippen molar-refractivity contribution in [1.82, 2.24) is 5.32 Å². The summed E-state index contributed by atoms with van der Waals surface area (Å²) in [5, 5.41) is 12.9. The van der Waals surface area contributed by atoms with Crippen LogP contribution in [0.25, 0.3) is 0 Å². The molecule has 1 aromatic carbocycles. The molecule has 0 radical (unpaired) electrons. The minimum absolute atomic E-state index is 0.0218. The van der Waals surface area contributed by atoms with Gasteiger partial charge in [0.2, 0.25) is 0 Å². The summed E-state index contributed by atoms with van der Waals surface area (Å²) in [5.74, 6) is 0.498. The summed E-state index contributed by atoms with van der Waals surface area (Å²) in [6.07, 6.45) is 3.97. The van der Waals surface area contributed by atoms with Crippen LogP contribution in [-0.2, 0) is 0 Å². The first-order valence-electron chi connectivity index (χ1n) is 7.47. The van der Waals surface area contributed by atoms with Gasteiger partial charge in [0, 0.05) is 5.56 Å². The van der Waals surface area contributed by atoms with E-state index in [2.05, 4.69) is 12.2 Å². The molecular weight excluding hydrogens is 250 g/mol. The Hall–Kier alpha value is -1.35. The van der Waals surface area contributed by atoms with Crippen LogP contribution < -0.4 is 5.32 Å². The van der Waals surface area contributed by atoms with Gasteiger partial charge in [0.25, 0.3) is 5.91 Å². The van der Waals surface area contributed by atoms with E-state index >= 15 is 0 Å². The third kappa shape index (κ3) is 3.04. The summed E-state index contributed by atoms with van der Waals surface area (Å²) in [6, 6.07) is 5.87. The van der Waals surface area contributed by atoms with Crippen molar-refractivity contribution < 1.29 is 9.90 Å². The van der Waals surface area contributed by atoms with Gasteiger partial charge in [-0.15, -0.1) is 0 Å². The molecule has 1 aliphatic carbocycles. The fourth-order valence-corrected chi connectivity index (χ4v) is 3.43. The maximum absolute atomic E-state index is 12.6. The summed E-state index contributed by atoms with van der Waals surface area (Å²) >= 11 is 0. The predicted octanol–water partition coefficient (Wildman–Crippen LogP) is 2.97. The van der Waals surface area contributed by atoms with Crippen molar-refractivity contribution >= 4 is 5.91 Å². The molecule has 2 N–H and O–H groups in total. The summed E-state index contributed by atoms with van der Waals surface area (Å²) in [6.45, 7) is 6.12. The smallest absolute Gasteiger partial charge is 0.252 e. The van der Waals surface area contributed by atoms with E-state index in [0.29, 0.717) is 5.92 Å². The highest BCUT2D eigenvalue weighted by atomic mass is 16.3. The van der Waals surface area contributed by atoms with Crippen LogP contribution in [0.5, 0.6) is 0 Å². The first-order chi connectivity index (χ1) is 9.47. The Morgan fingerprint density at radius 3 is 2.60 bits per heavy atom. The van der Waals surface area contributed by atoms with E-state index in [-0.39, 0.29) is 12.5 Å². The van der Waals surface area contributed by atoms with Crippen molar-refractivity contribution in [2.75, 3.05) is 6.61 Å². The molecule has 0 aliphatic heterocycles. The zero-order valence-electron chi connectivity index (χ0n) is 12.7. The van der Waals surface area contributed by atoms with Gasteiger partial charge in [-0.3, -0.25) is 4.79 Å². The van der Waals surface area contributed by atoms with Crippen LogP contribution in [0.4, 0.5) is 0 Å². The predicted molar refractivity (Wildman–Crippen MR) is 80.8 cm³/mol. The van der Waals surface area contributed by atoms with Gasteiger partial charge in [-0.1, -0.05) is 38.0 Å². The van der Waals surface area contributed by atoms with Crippen molar-refractivity contribution in [3.05, 3.63) is 34.9 Å². The number of aliphatic hydroxyl groups is 1. The van der Waals surface area contributed by atoms with Crippen molar-refractivity contribution in [2.24, 2.45) is 5.92 Å². The molecule has 2 atom stereocenters. The molecule has 3 heteroatoms. The number of hydrogen-bond donors (Lipinski definition) is 2. The molecule has 0 saturated heterocycles. The monoisotopic (exact) mass is 275 g/mol. The number of benzene rings is 1. The second kappa shape index (κ2) is 5.96. The van der Waals surface area contributed by atoms with Crippen molar-refractivity contribution in [3.63, 3.8) is 0 Å². The maximum atomic E-state index is 12.6. The second-order valence-corrected chi connectivity index (χ2v) is 6.36. The molecule has 0 aromatic heterocycles. The zero-order chi connectivity index (χ0) is 14.8. The Morgan fingerprint density at radius 1 is 1.40 bits per heavy atom. The Balaban J connectivity index is 2.21. The lowest BCUT2D eigenvalue weighted by Crippen LogP contribution is -2.54. The SMILES string of the molecule is Cc1cccc(C)c1C(=O)NC1(CO)CCCC(C)C1. The van der Waals surface area contributed by atoms with Crippen molar-refractivity contribution in [2.45, 2.75) is 52.0 Å². The number of carbonyl (C=O) groups excluding carboxylic acids is 1. The molecule has 110 valence electrons. The molecule has 0 spiro atoms. The number of nitrogens with one attached hydrogen (secondary N) is 1. The summed E-state index contributed by atoms with van der Waals surface area (Å²) in [4.78, 5) is 12.6. The van der Waals surface area contributed by atoms with E-state index in [1.807, 2.05) is 32.0 Å². The average molecular weight is 275 g/mol. The van der Waals surface area contributed by atoms with Crippen LogP contribution in [0.1, 0.15) is 54.1 Å². The van der Waals surface area contributed by atoms with Gasteiger partial charge in [0.05, 0.1) is 12.1 Å². The van der Waals surface area contributed by atoms with Crippen LogP contribution in [0, 0.1) is 19.8 Å². The molecule has 1 amide bonds. The Labute approximate surface area is 121 Å². The molecule has 2 unspecified atom stereocenters. The molecule has 0 heterocycles. The third-order valence-electron chi connectivity index (χ3n) is 4.48. The number of amides is 1. The van der Waals surface area contributed by atoms with Crippen LogP contribution in [0.15, 0.2) is 18.2 Å². The quantitative estimate of drug-likeness (QED) is 0.891. The Morgan fingerprint density at radius 2 is 2.05 bits per heavy atom. The molecule has 2 rings (SSSR count). The fraction of sp³-hybridized carbons (Fsp3) is 0.588. The first kappa shape index (κ1) is 15.0. The number of carbonyl (C=O) groups is 1. The van der Waals surface area contributed by atoms with E-state index in [0.717, 1.165) is 36.0 Å². The summed E-state index contributed by atoms with van der Waals surface area (Å²) in [5.41, 5.74) is 2.28. The Kier molecular flexibility index (Phi) is 4.48. The molecule has 1 fully saturated rings. The van der Waals surface area contributed by atoms with Crippen LogP contribution in [0.2, 0.25) is 0 Å². The van der Waals surface area contributed by atoms with Crippen LogP contribution in [0.3, 0.4) is 0 Å². The molecule has 0 bridgehead atoms. The normalized spacial score (nSPS) is 26.3. The van der Waals surface area contributed by atoms with E-state index in [4.69, 9.17) is 0 Å². The topological polar surface area (TPSA) is 49.3 Å². The molecule has 1 aromatic rings. The van der Waals surface area contributed by atoms with Gasteiger partial charge in [-0.2, -0.15) is 0 Å². The van der Waals surface area contributed by atoms with Gasteiger partial charge in [-0.05, 0) is 43.7 Å². The summed E-state index contributed by atoms with van der Waals surface area (Å²) in [7, 11) is 0. The molecule has 1 saturated carbocycles. The number of rotatable bonds is 3. The number of aryl methyl sites for hydroxylation is 2. The van der Waals surface area contributed by atoms with Crippen LogP contribution >= 0.6 is 0 Å². The standard InChI is InChI=1S/C17H25NO2/c1-12-6-5-9-17(10-12,11-19)18-16(20)15-13(2)7-4-8-14(15)3/h4,7-8,12,19H,5-6,9-11H2,1-3H3,(H,18,20). The van der Waals surface area contributed by atoms with Crippen molar-refractivity contribution in [1.29, 1.82) is 0 Å². The number of aliphatic hydroxyl groups excluding tert-OH is 1. The van der Waals surface area contributed by atoms with Gasteiger partial charge in [0.15, 0.2) is 0 Å². The van der Waals surface area contributed by atoms with E-state index in [1.165, 1.54) is 6.42 Å². The third-order valence-corrected chi connectivity index (χ3v) is 4.48. The van der Waals surface area contributed by atoms with E-state index in [1.54, 1.807) is 0 Å². The van der Waals surface area contributed by atoms with E-state index < -0.39 is 5.54 Å². The van der Waals surface area contributed by atoms with Crippen LogP contribution in [-0.4, -0.2) is 23.2 Å². The number of hydrogen-bond acceptors (Lipinski definition) is 2. The fourth-order valence-electron chi connectivity index (χ4n) is 3.43. The minimum Gasteiger partial charge on any atom is -0.394 e. The van der Waals surface area contributed by atoms with Gasteiger partial charge in [0.1, 0.15) is 0 Å².